The Morgan fingerprint density at radius 2 is 1.40 bits per heavy atom. The highest BCUT2D eigenvalue weighted by molar-refractivity contribution is 7.11. The molecule has 0 radical (unpaired) electrons. The normalized spacial score (nSPS) is 12.7. The van der Waals surface area contributed by atoms with Crippen LogP contribution >= 0.6 is 22.7 Å². The van der Waals surface area contributed by atoms with E-state index in [4.69, 9.17) is 0 Å². The van der Waals surface area contributed by atoms with Crippen LogP contribution in [0.3, 0.4) is 0 Å². The van der Waals surface area contributed by atoms with Gasteiger partial charge in [-0.1, -0.05) is 42.5 Å². The molecule has 0 saturated heterocycles. The second kappa shape index (κ2) is 6.35. The summed E-state index contributed by atoms with van der Waals surface area (Å²) >= 11 is 3.62. The second-order valence-corrected chi connectivity index (χ2v) is 6.72. The maximum absolute atomic E-state index is 3.76. The lowest BCUT2D eigenvalue weighted by Crippen LogP contribution is -2.24. The molecule has 102 valence electrons. The Morgan fingerprint density at radius 1 is 0.800 bits per heavy atom. The van der Waals surface area contributed by atoms with Gasteiger partial charge in [0.2, 0.25) is 0 Å². The molecule has 1 nitrogen and oxygen atoms in total. The van der Waals surface area contributed by atoms with E-state index in [1.165, 1.54) is 15.3 Å². The maximum atomic E-state index is 3.76. The van der Waals surface area contributed by atoms with E-state index >= 15 is 0 Å². The van der Waals surface area contributed by atoms with Crippen molar-refractivity contribution >= 4 is 22.7 Å². The van der Waals surface area contributed by atoms with E-state index in [0.717, 1.165) is 0 Å². The first-order valence-corrected chi connectivity index (χ1v) is 8.48. The van der Waals surface area contributed by atoms with E-state index in [1.54, 1.807) is 0 Å². The van der Waals surface area contributed by atoms with Gasteiger partial charge < -0.3 is 0 Å². The molecule has 0 bridgehead atoms. The SMILES string of the molecule is CC(NC(c1cccs1)c1cccs1)c1ccccc1. The largest absolute Gasteiger partial charge is 0.298 e. The highest BCUT2D eigenvalue weighted by Gasteiger charge is 2.18. The fourth-order valence-electron chi connectivity index (χ4n) is 2.30. The molecule has 1 unspecified atom stereocenters. The molecule has 20 heavy (non-hydrogen) atoms. The number of hydrogen-bond acceptors (Lipinski definition) is 3. The van der Waals surface area contributed by atoms with Gasteiger partial charge in [-0.25, -0.2) is 0 Å². The highest BCUT2D eigenvalue weighted by atomic mass is 32.1. The molecule has 3 aromatic rings. The maximum Gasteiger partial charge on any atom is 0.0769 e. The monoisotopic (exact) mass is 299 g/mol. The Kier molecular flexibility index (Phi) is 4.31. The van der Waals surface area contributed by atoms with Gasteiger partial charge in [0.25, 0.3) is 0 Å². The van der Waals surface area contributed by atoms with Crippen LogP contribution in [0.4, 0.5) is 0 Å². The first-order valence-electron chi connectivity index (χ1n) is 6.72. The molecule has 2 heterocycles. The Morgan fingerprint density at radius 3 is 1.90 bits per heavy atom. The van der Waals surface area contributed by atoms with E-state index in [1.807, 2.05) is 22.7 Å². The number of rotatable bonds is 5. The molecular weight excluding hydrogens is 282 g/mol. The van der Waals surface area contributed by atoms with Gasteiger partial charge in [0.05, 0.1) is 6.04 Å². The van der Waals surface area contributed by atoms with Gasteiger partial charge in [-0.2, -0.15) is 0 Å². The molecule has 0 aliphatic rings. The van der Waals surface area contributed by atoms with Crippen LogP contribution in [0.15, 0.2) is 65.4 Å². The minimum absolute atomic E-state index is 0.283. The first kappa shape index (κ1) is 13.6. The summed E-state index contributed by atoms with van der Waals surface area (Å²) in [6.07, 6.45) is 0. The molecule has 0 spiro atoms. The molecule has 1 N–H and O–H groups in total. The van der Waals surface area contributed by atoms with Crippen LogP contribution in [0.2, 0.25) is 0 Å². The predicted molar refractivity (Wildman–Crippen MR) is 88.5 cm³/mol. The standard InChI is InChI=1S/C17H17NS2/c1-13(14-7-3-2-4-8-14)18-17(15-9-5-11-19-15)16-10-6-12-20-16/h2-13,17-18H,1H3. The molecule has 2 aromatic heterocycles. The van der Waals surface area contributed by atoms with E-state index in [9.17, 15) is 0 Å². The van der Waals surface area contributed by atoms with Crippen molar-refractivity contribution in [3.8, 4) is 0 Å². The molecule has 0 fully saturated rings. The topological polar surface area (TPSA) is 12.0 Å². The minimum atomic E-state index is 0.283. The Bertz CT molecular complexity index is 580. The number of nitrogens with one attached hydrogen (secondary N) is 1. The Balaban J connectivity index is 1.84. The summed E-state index contributed by atoms with van der Waals surface area (Å²) in [7, 11) is 0. The van der Waals surface area contributed by atoms with Crippen LogP contribution in [-0.2, 0) is 0 Å². The summed E-state index contributed by atoms with van der Waals surface area (Å²) < 4.78 is 0. The van der Waals surface area contributed by atoms with Crippen molar-refractivity contribution in [1.29, 1.82) is 0 Å². The summed E-state index contributed by atoms with van der Waals surface area (Å²) in [6, 6.07) is 19.9. The molecule has 0 aliphatic heterocycles. The van der Waals surface area contributed by atoms with Crippen molar-refractivity contribution in [1.82, 2.24) is 5.32 Å². The van der Waals surface area contributed by atoms with E-state index < -0.39 is 0 Å². The molecule has 0 saturated carbocycles. The number of benzene rings is 1. The van der Waals surface area contributed by atoms with E-state index in [2.05, 4.69) is 77.6 Å². The number of hydrogen-bond donors (Lipinski definition) is 1. The fraction of sp³-hybridized carbons (Fsp3) is 0.176. The summed E-state index contributed by atoms with van der Waals surface area (Å²) in [4.78, 5) is 2.74. The smallest absolute Gasteiger partial charge is 0.0769 e. The average Bonchev–Trinajstić information content (AvgIpc) is 3.19. The third-order valence-corrected chi connectivity index (χ3v) is 5.25. The Hall–Kier alpha value is -1.42. The molecular formula is C17H17NS2. The van der Waals surface area contributed by atoms with E-state index in [0.29, 0.717) is 6.04 Å². The van der Waals surface area contributed by atoms with Gasteiger partial charge in [-0.05, 0) is 35.4 Å². The van der Waals surface area contributed by atoms with Crippen LogP contribution in [-0.4, -0.2) is 0 Å². The molecule has 3 rings (SSSR count). The van der Waals surface area contributed by atoms with Gasteiger partial charge in [0.15, 0.2) is 0 Å². The van der Waals surface area contributed by atoms with Crippen molar-refractivity contribution in [2.75, 3.05) is 0 Å². The van der Waals surface area contributed by atoms with Crippen LogP contribution in [0, 0.1) is 0 Å². The first-order chi connectivity index (χ1) is 9.84. The minimum Gasteiger partial charge on any atom is -0.298 e. The predicted octanol–water partition coefficient (Wildman–Crippen LogP) is 5.25. The quantitative estimate of drug-likeness (QED) is 0.678. The lowest BCUT2D eigenvalue weighted by Gasteiger charge is -2.22. The molecule has 0 aliphatic carbocycles. The second-order valence-electron chi connectivity index (χ2n) is 4.76. The molecule has 1 atom stereocenters. The van der Waals surface area contributed by atoms with Crippen molar-refractivity contribution in [3.63, 3.8) is 0 Å². The number of thiophene rings is 2. The summed E-state index contributed by atoms with van der Waals surface area (Å²) in [6.45, 7) is 2.23. The lowest BCUT2D eigenvalue weighted by atomic mass is 10.1. The van der Waals surface area contributed by atoms with Crippen LogP contribution in [0.25, 0.3) is 0 Å². The third-order valence-electron chi connectivity index (χ3n) is 3.37. The van der Waals surface area contributed by atoms with E-state index in [-0.39, 0.29) is 6.04 Å². The van der Waals surface area contributed by atoms with Gasteiger partial charge in [0, 0.05) is 15.8 Å². The summed E-state index contributed by atoms with van der Waals surface area (Å²) in [5.41, 5.74) is 1.32. The zero-order valence-corrected chi connectivity index (χ0v) is 13.0. The fourth-order valence-corrected chi connectivity index (χ4v) is 3.98. The molecule has 0 amide bonds. The zero-order chi connectivity index (χ0) is 13.8. The Labute approximate surface area is 127 Å². The highest BCUT2D eigenvalue weighted by Crippen LogP contribution is 2.31. The van der Waals surface area contributed by atoms with Crippen LogP contribution < -0.4 is 5.32 Å². The summed E-state index contributed by atoms with van der Waals surface area (Å²) in [5, 5.41) is 8.05. The van der Waals surface area contributed by atoms with Crippen molar-refractivity contribution in [2.24, 2.45) is 0 Å². The van der Waals surface area contributed by atoms with Gasteiger partial charge in [-0.3, -0.25) is 5.32 Å². The third kappa shape index (κ3) is 3.01. The van der Waals surface area contributed by atoms with Gasteiger partial charge in [0.1, 0.15) is 0 Å². The lowest BCUT2D eigenvalue weighted by molar-refractivity contribution is 0.526. The van der Waals surface area contributed by atoms with Gasteiger partial charge in [-0.15, -0.1) is 22.7 Å². The van der Waals surface area contributed by atoms with Crippen LogP contribution in [0.1, 0.15) is 34.3 Å². The average molecular weight is 299 g/mol. The zero-order valence-electron chi connectivity index (χ0n) is 11.3. The molecule has 3 heteroatoms. The van der Waals surface area contributed by atoms with Gasteiger partial charge >= 0.3 is 0 Å². The van der Waals surface area contributed by atoms with Crippen molar-refractivity contribution < 1.29 is 0 Å². The van der Waals surface area contributed by atoms with Crippen molar-refractivity contribution in [2.45, 2.75) is 19.0 Å². The van der Waals surface area contributed by atoms with Crippen molar-refractivity contribution in [3.05, 3.63) is 80.7 Å². The molecule has 1 aromatic carbocycles. The summed E-state index contributed by atoms with van der Waals surface area (Å²) in [5.74, 6) is 0. The van der Waals surface area contributed by atoms with Crippen LogP contribution in [0.5, 0.6) is 0 Å².